The first-order valence-electron chi connectivity index (χ1n) is 10.1. The molecule has 10 heteroatoms. The van der Waals surface area contributed by atoms with Crippen LogP contribution in [0.2, 0.25) is 0 Å². The first-order valence-corrected chi connectivity index (χ1v) is 11.7. The topological polar surface area (TPSA) is 108 Å². The molecule has 0 fully saturated rings. The quantitative estimate of drug-likeness (QED) is 0.709. The van der Waals surface area contributed by atoms with Crippen molar-refractivity contribution >= 4 is 27.5 Å². The lowest BCUT2D eigenvalue weighted by Gasteiger charge is -2.25. The highest BCUT2D eigenvalue weighted by Crippen LogP contribution is 2.30. The van der Waals surface area contributed by atoms with E-state index in [2.05, 4.69) is 35.6 Å². The summed E-state index contributed by atoms with van der Waals surface area (Å²) in [7, 11) is 1.92. The molecule has 0 saturated heterocycles. The third-order valence-electron chi connectivity index (χ3n) is 5.88. The average Bonchev–Trinajstić information content (AvgIpc) is 3.05. The van der Waals surface area contributed by atoms with Gasteiger partial charge in [-0.15, -0.1) is 0 Å². The number of nitrogens with zero attached hydrogens (tertiary/aromatic N) is 5. The summed E-state index contributed by atoms with van der Waals surface area (Å²) in [5.74, 6) is 1.15. The first kappa shape index (κ1) is 22.0. The number of allylic oxidation sites excluding steroid dienone is 2. The second-order valence-corrected chi connectivity index (χ2v) is 9.49. The number of nitrogens with one attached hydrogen (secondary N) is 1. The number of hydrogen-bond donors (Lipinski definition) is 2. The highest BCUT2D eigenvalue weighted by Gasteiger charge is 2.26. The monoisotopic (exact) mass is 453 g/mol. The van der Waals surface area contributed by atoms with E-state index in [0.717, 1.165) is 5.70 Å². The standard InChI is InChI=1S/C22H27N7O2S/c1-14-6-7-17(13-20(14)32(23,30)31)28(4)22-24-11-10-21(25-22)27(3)16-8-9-19-18(12-16)15(2)29(5)26-19/h6-13,19,26H,1-5H3,(H2,23,30,31). The Kier molecular flexibility index (Phi) is 5.53. The van der Waals surface area contributed by atoms with Crippen LogP contribution in [0.15, 0.2) is 70.6 Å². The number of likely N-dealkylation sites (N-methyl/N-ethyl adjacent to an activating group) is 1. The predicted molar refractivity (Wildman–Crippen MR) is 126 cm³/mol. The molecule has 1 atom stereocenters. The number of nitrogens with two attached hydrogens (primary N) is 1. The SMILES string of the molecule is CC1=C2C=C(N(C)c3ccnc(N(C)c4ccc(C)c(S(N)(=O)=O)c4)n3)C=CC2NN1C. The maximum absolute atomic E-state index is 11.9. The summed E-state index contributed by atoms with van der Waals surface area (Å²) in [6, 6.07) is 7.09. The number of benzene rings is 1. The Bertz CT molecular complexity index is 1270. The molecule has 1 aliphatic carbocycles. The van der Waals surface area contributed by atoms with E-state index >= 15 is 0 Å². The molecule has 1 unspecified atom stereocenters. The molecule has 4 rings (SSSR count). The summed E-state index contributed by atoms with van der Waals surface area (Å²) >= 11 is 0. The summed E-state index contributed by atoms with van der Waals surface area (Å²) in [5.41, 5.74) is 8.01. The molecule has 1 aliphatic heterocycles. The molecule has 3 N–H and O–H groups in total. The van der Waals surface area contributed by atoms with Crippen molar-refractivity contribution in [1.82, 2.24) is 20.4 Å². The van der Waals surface area contributed by atoms with Crippen molar-refractivity contribution in [2.75, 3.05) is 30.9 Å². The Morgan fingerprint density at radius 1 is 1.16 bits per heavy atom. The number of anilines is 3. The maximum atomic E-state index is 11.9. The van der Waals surface area contributed by atoms with Crippen LogP contribution < -0.4 is 20.4 Å². The Hall–Kier alpha value is -3.21. The molecule has 2 aromatic rings. The zero-order valence-corrected chi connectivity index (χ0v) is 19.6. The fourth-order valence-corrected chi connectivity index (χ4v) is 4.59. The largest absolute Gasteiger partial charge is 0.329 e. The van der Waals surface area contributed by atoms with Gasteiger partial charge in [0.05, 0.1) is 10.9 Å². The minimum absolute atomic E-state index is 0.0842. The molecule has 32 heavy (non-hydrogen) atoms. The number of fused-ring (bicyclic) bond motifs is 1. The van der Waals surface area contributed by atoms with Crippen LogP contribution in [0.5, 0.6) is 0 Å². The average molecular weight is 454 g/mol. The zero-order valence-electron chi connectivity index (χ0n) is 18.7. The molecule has 168 valence electrons. The molecular weight excluding hydrogens is 426 g/mol. The summed E-state index contributed by atoms with van der Waals surface area (Å²) < 4.78 is 23.8. The van der Waals surface area contributed by atoms with E-state index in [9.17, 15) is 8.42 Å². The van der Waals surface area contributed by atoms with E-state index in [-0.39, 0.29) is 10.9 Å². The molecule has 2 aliphatic rings. The Morgan fingerprint density at radius 2 is 1.91 bits per heavy atom. The van der Waals surface area contributed by atoms with Crippen molar-refractivity contribution in [3.05, 3.63) is 71.2 Å². The Labute approximate surface area is 188 Å². The number of hydrazine groups is 1. The van der Waals surface area contributed by atoms with Crippen molar-refractivity contribution in [3.63, 3.8) is 0 Å². The Morgan fingerprint density at radius 3 is 2.62 bits per heavy atom. The van der Waals surface area contributed by atoms with Crippen molar-refractivity contribution in [2.24, 2.45) is 5.14 Å². The number of primary sulfonamides is 1. The van der Waals surface area contributed by atoms with E-state index in [4.69, 9.17) is 10.1 Å². The van der Waals surface area contributed by atoms with Crippen LogP contribution in [0.1, 0.15) is 12.5 Å². The second-order valence-electron chi connectivity index (χ2n) is 7.96. The highest BCUT2D eigenvalue weighted by atomic mass is 32.2. The van der Waals surface area contributed by atoms with E-state index in [1.165, 1.54) is 17.3 Å². The van der Waals surface area contributed by atoms with Gasteiger partial charge in [0.15, 0.2) is 0 Å². The zero-order chi connectivity index (χ0) is 23.2. The molecule has 2 heterocycles. The summed E-state index contributed by atoms with van der Waals surface area (Å²) in [6.07, 6.45) is 8.03. The Balaban J connectivity index is 1.64. The van der Waals surface area contributed by atoms with Crippen LogP contribution in [0.25, 0.3) is 0 Å². The van der Waals surface area contributed by atoms with Gasteiger partial charge in [-0.05, 0) is 55.3 Å². The number of aromatic nitrogens is 2. The van der Waals surface area contributed by atoms with Crippen LogP contribution in [-0.2, 0) is 10.0 Å². The second kappa shape index (κ2) is 8.05. The molecule has 0 bridgehead atoms. The molecule has 0 saturated carbocycles. The van der Waals surface area contributed by atoms with Gasteiger partial charge in [-0.1, -0.05) is 12.1 Å². The lowest BCUT2D eigenvalue weighted by molar-refractivity contribution is 0.325. The minimum atomic E-state index is -3.83. The number of aryl methyl sites for hydroxylation is 1. The molecule has 0 amide bonds. The van der Waals surface area contributed by atoms with E-state index in [1.807, 2.05) is 36.1 Å². The molecule has 9 nitrogen and oxygen atoms in total. The van der Waals surface area contributed by atoms with Crippen LogP contribution in [0.3, 0.4) is 0 Å². The fraction of sp³-hybridized carbons (Fsp3) is 0.273. The van der Waals surface area contributed by atoms with Crippen LogP contribution in [0, 0.1) is 6.92 Å². The van der Waals surface area contributed by atoms with Gasteiger partial charge in [0.1, 0.15) is 5.82 Å². The lowest BCUT2D eigenvalue weighted by atomic mass is 10.00. The normalized spacial score (nSPS) is 18.0. The fourth-order valence-electron chi connectivity index (χ4n) is 3.78. The van der Waals surface area contributed by atoms with Crippen molar-refractivity contribution in [1.29, 1.82) is 0 Å². The molecule has 0 radical (unpaired) electrons. The van der Waals surface area contributed by atoms with Gasteiger partial charge in [-0.2, -0.15) is 4.98 Å². The maximum Gasteiger partial charge on any atom is 0.238 e. The third kappa shape index (κ3) is 3.99. The number of hydrogen-bond acceptors (Lipinski definition) is 8. The molecule has 1 aromatic carbocycles. The van der Waals surface area contributed by atoms with Gasteiger partial charge in [0, 0.05) is 44.4 Å². The summed E-state index contributed by atoms with van der Waals surface area (Å²) in [5, 5.41) is 7.39. The van der Waals surface area contributed by atoms with Crippen molar-refractivity contribution < 1.29 is 8.42 Å². The molecule has 1 aromatic heterocycles. The van der Waals surface area contributed by atoms with Gasteiger partial charge in [0.25, 0.3) is 0 Å². The molecular formula is C22H27N7O2S. The van der Waals surface area contributed by atoms with Gasteiger partial charge in [-0.25, -0.2) is 24.0 Å². The van der Waals surface area contributed by atoms with Gasteiger partial charge < -0.3 is 14.8 Å². The van der Waals surface area contributed by atoms with E-state index < -0.39 is 10.0 Å². The highest BCUT2D eigenvalue weighted by molar-refractivity contribution is 7.89. The van der Waals surface area contributed by atoms with E-state index in [0.29, 0.717) is 23.0 Å². The first-order chi connectivity index (χ1) is 15.1. The van der Waals surface area contributed by atoms with E-state index in [1.54, 1.807) is 31.1 Å². The smallest absolute Gasteiger partial charge is 0.238 e. The summed E-state index contributed by atoms with van der Waals surface area (Å²) in [4.78, 5) is 12.9. The number of sulfonamides is 1. The van der Waals surface area contributed by atoms with Crippen molar-refractivity contribution in [2.45, 2.75) is 24.8 Å². The van der Waals surface area contributed by atoms with Gasteiger partial charge >= 0.3 is 0 Å². The summed E-state index contributed by atoms with van der Waals surface area (Å²) in [6.45, 7) is 3.80. The van der Waals surface area contributed by atoms with Crippen LogP contribution in [0.4, 0.5) is 17.5 Å². The van der Waals surface area contributed by atoms with Crippen molar-refractivity contribution in [3.8, 4) is 0 Å². The number of rotatable bonds is 5. The third-order valence-corrected chi connectivity index (χ3v) is 6.93. The van der Waals surface area contributed by atoms with Gasteiger partial charge in [-0.3, -0.25) is 0 Å². The van der Waals surface area contributed by atoms with Crippen LogP contribution >= 0.6 is 0 Å². The van der Waals surface area contributed by atoms with Gasteiger partial charge in [0.2, 0.25) is 16.0 Å². The lowest BCUT2D eigenvalue weighted by Crippen LogP contribution is -2.34. The molecule has 0 spiro atoms. The van der Waals surface area contributed by atoms with Crippen LogP contribution in [-0.4, -0.2) is 50.6 Å². The predicted octanol–water partition coefficient (Wildman–Crippen LogP) is 2.18. The minimum Gasteiger partial charge on any atom is -0.329 e.